The van der Waals surface area contributed by atoms with Crippen LogP contribution in [0.5, 0.6) is 11.5 Å². The van der Waals surface area contributed by atoms with E-state index in [0.29, 0.717) is 25.3 Å². The Bertz CT molecular complexity index is 1340. The third-order valence-corrected chi connectivity index (χ3v) is 6.42. The van der Waals surface area contributed by atoms with Gasteiger partial charge in [-0.3, -0.25) is 4.79 Å². The quantitative estimate of drug-likeness (QED) is 0.299. The number of fused-ring (bicyclic) bond motifs is 1. The van der Waals surface area contributed by atoms with E-state index in [9.17, 15) is 9.18 Å². The second-order valence-corrected chi connectivity index (χ2v) is 8.67. The number of unbranched alkanes of at least 4 members (excludes halogenated alkanes) is 1. The van der Waals surface area contributed by atoms with E-state index in [0.717, 1.165) is 47.7 Å². The summed E-state index contributed by atoms with van der Waals surface area (Å²) in [6.07, 6.45) is 2.06. The summed E-state index contributed by atoms with van der Waals surface area (Å²) >= 11 is 0. The zero-order chi connectivity index (χ0) is 24.2. The number of carbonyl (C=O) groups is 1. The first-order valence-electron chi connectivity index (χ1n) is 11.9. The van der Waals surface area contributed by atoms with Crippen molar-refractivity contribution in [2.45, 2.75) is 31.7 Å². The molecule has 0 aliphatic carbocycles. The molecule has 0 bridgehead atoms. The van der Waals surface area contributed by atoms with E-state index in [1.54, 1.807) is 30.2 Å². The average molecular weight is 474 g/mol. The smallest absolute Gasteiger partial charge is 0.227 e. The van der Waals surface area contributed by atoms with E-state index >= 15 is 0 Å². The summed E-state index contributed by atoms with van der Waals surface area (Å²) in [5.41, 5.74) is 2.28. The van der Waals surface area contributed by atoms with Crippen molar-refractivity contribution < 1.29 is 18.7 Å². The summed E-state index contributed by atoms with van der Waals surface area (Å²) in [6, 6.07) is 22.1. The number of carbonyl (C=O) groups excluding carboxylic acids is 1. The van der Waals surface area contributed by atoms with Gasteiger partial charge in [-0.25, -0.2) is 9.37 Å². The number of halogens is 1. The standard InChI is InChI=1S/C28H28FN3O3/c1-34-25-14-6-7-15-26(25)35-17-9-8-16-31-24-13-5-3-11-22(24)30-28(31)20-18-27(33)32(19-20)23-12-4-2-10-21(23)29/h2-7,10-15,20H,8-9,16-19H2,1H3. The van der Waals surface area contributed by atoms with Crippen LogP contribution in [0.1, 0.15) is 31.0 Å². The number of hydrogen-bond donors (Lipinski definition) is 0. The van der Waals surface area contributed by atoms with Crippen LogP contribution in [0, 0.1) is 5.82 Å². The lowest BCUT2D eigenvalue weighted by Crippen LogP contribution is -2.25. The Morgan fingerprint density at radius 3 is 2.54 bits per heavy atom. The fraction of sp³-hybridized carbons (Fsp3) is 0.286. The zero-order valence-corrected chi connectivity index (χ0v) is 19.7. The molecule has 35 heavy (non-hydrogen) atoms. The van der Waals surface area contributed by atoms with E-state index < -0.39 is 0 Å². The Morgan fingerprint density at radius 1 is 0.971 bits per heavy atom. The number of ether oxygens (including phenoxy) is 2. The molecule has 1 fully saturated rings. The van der Waals surface area contributed by atoms with Crippen LogP contribution >= 0.6 is 0 Å². The second-order valence-electron chi connectivity index (χ2n) is 8.67. The summed E-state index contributed by atoms with van der Waals surface area (Å²) in [7, 11) is 1.63. The molecule has 3 aromatic carbocycles. The third kappa shape index (κ3) is 4.71. The van der Waals surface area contributed by atoms with Crippen LogP contribution in [0.4, 0.5) is 10.1 Å². The lowest BCUT2D eigenvalue weighted by atomic mass is 10.1. The van der Waals surface area contributed by atoms with Gasteiger partial charge < -0.3 is 18.9 Å². The minimum absolute atomic E-state index is 0.0797. The summed E-state index contributed by atoms with van der Waals surface area (Å²) in [5, 5.41) is 0. The largest absolute Gasteiger partial charge is 0.493 e. The molecule has 1 aromatic heterocycles. The number of amides is 1. The Labute approximate surface area is 203 Å². The molecular weight excluding hydrogens is 445 g/mol. The fourth-order valence-corrected chi connectivity index (χ4v) is 4.72. The second kappa shape index (κ2) is 10.2. The summed E-state index contributed by atoms with van der Waals surface area (Å²) in [5.74, 6) is 1.78. The zero-order valence-electron chi connectivity index (χ0n) is 19.7. The Hall–Kier alpha value is -3.87. The van der Waals surface area contributed by atoms with Gasteiger partial charge in [-0.1, -0.05) is 36.4 Å². The molecule has 0 radical (unpaired) electrons. The molecule has 1 unspecified atom stereocenters. The number of hydrogen-bond acceptors (Lipinski definition) is 4. The number of imidazole rings is 1. The van der Waals surface area contributed by atoms with Crippen LogP contribution in [0.3, 0.4) is 0 Å². The van der Waals surface area contributed by atoms with Gasteiger partial charge in [0.25, 0.3) is 0 Å². The van der Waals surface area contributed by atoms with Gasteiger partial charge in [0.15, 0.2) is 11.5 Å². The Kier molecular flexibility index (Phi) is 6.66. The van der Waals surface area contributed by atoms with Crippen molar-refractivity contribution in [3.63, 3.8) is 0 Å². The van der Waals surface area contributed by atoms with E-state index in [4.69, 9.17) is 14.5 Å². The highest BCUT2D eigenvalue weighted by molar-refractivity contribution is 5.96. The van der Waals surface area contributed by atoms with Crippen molar-refractivity contribution in [1.29, 1.82) is 0 Å². The topological polar surface area (TPSA) is 56.6 Å². The minimum atomic E-state index is -0.384. The predicted octanol–water partition coefficient (Wildman–Crippen LogP) is 5.56. The molecule has 1 aliphatic heterocycles. The number of benzene rings is 3. The molecule has 2 heterocycles. The number of aryl methyl sites for hydroxylation is 1. The highest BCUT2D eigenvalue weighted by atomic mass is 19.1. The molecule has 1 aliphatic rings. The van der Waals surface area contributed by atoms with Crippen molar-refractivity contribution in [1.82, 2.24) is 9.55 Å². The normalized spacial score (nSPS) is 15.7. The summed E-state index contributed by atoms with van der Waals surface area (Å²) in [4.78, 5) is 19.3. The molecule has 1 atom stereocenters. The van der Waals surface area contributed by atoms with Gasteiger partial charge in [0.05, 0.1) is 30.4 Å². The van der Waals surface area contributed by atoms with Crippen molar-refractivity contribution >= 4 is 22.6 Å². The monoisotopic (exact) mass is 473 g/mol. The van der Waals surface area contributed by atoms with Gasteiger partial charge >= 0.3 is 0 Å². The first-order valence-corrected chi connectivity index (χ1v) is 11.9. The van der Waals surface area contributed by atoms with Crippen molar-refractivity contribution in [2.24, 2.45) is 0 Å². The Balaban J connectivity index is 1.30. The molecule has 5 rings (SSSR count). The molecule has 0 saturated carbocycles. The predicted molar refractivity (Wildman–Crippen MR) is 134 cm³/mol. The maximum atomic E-state index is 14.4. The van der Waals surface area contributed by atoms with Crippen LogP contribution in [-0.4, -0.2) is 35.7 Å². The summed E-state index contributed by atoms with van der Waals surface area (Å²) in [6.45, 7) is 1.75. The number of nitrogens with zero attached hydrogens (tertiary/aromatic N) is 3. The van der Waals surface area contributed by atoms with Gasteiger partial charge in [-0.2, -0.15) is 0 Å². The van der Waals surface area contributed by atoms with E-state index in [1.807, 2.05) is 42.5 Å². The van der Waals surface area contributed by atoms with Gasteiger partial charge in [-0.15, -0.1) is 0 Å². The molecule has 1 amide bonds. The minimum Gasteiger partial charge on any atom is -0.493 e. The lowest BCUT2D eigenvalue weighted by Gasteiger charge is -2.18. The van der Waals surface area contributed by atoms with Crippen LogP contribution < -0.4 is 14.4 Å². The van der Waals surface area contributed by atoms with Crippen molar-refractivity contribution in [3.05, 3.63) is 84.4 Å². The number of methoxy groups -OCH3 is 1. The molecule has 180 valence electrons. The van der Waals surface area contributed by atoms with Crippen LogP contribution in [0.25, 0.3) is 11.0 Å². The molecule has 1 saturated heterocycles. The van der Waals surface area contributed by atoms with Crippen molar-refractivity contribution in [2.75, 3.05) is 25.2 Å². The van der Waals surface area contributed by atoms with E-state index in [1.165, 1.54) is 6.07 Å². The highest BCUT2D eigenvalue weighted by Crippen LogP contribution is 2.34. The number of aromatic nitrogens is 2. The van der Waals surface area contributed by atoms with E-state index in [-0.39, 0.29) is 17.6 Å². The first kappa shape index (κ1) is 22.9. The molecule has 0 spiro atoms. The number of anilines is 1. The van der Waals surface area contributed by atoms with Crippen LogP contribution in [0.15, 0.2) is 72.8 Å². The molecule has 6 nitrogen and oxygen atoms in total. The maximum Gasteiger partial charge on any atom is 0.227 e. The average Bonchev–Trinajstić information content (AvgIpc) is 3.45. The fourth-order valence-electron chi connectivity index (χ4n) is 4.72. The van der Waals surface area contributed by atoms with Gasteiger partial charge in [-0.05, 0) is 49.2 Å². The third-order valence-electron chi connectivity index (χ3n) is 6.42. The van der Waals surface area contributed by atoms with Gasteiger partial charge in [0.2, 0.25) is 5.91 Å². The molecule has 4 aromatic rings. The van der Waals surface area contributed by atoms with Crippen LogP contribution in [-0.2, 0) is 11.3 Å². The Morgan fingerprint density at radius 2 is 1.71 bits per heavy atom. The summed E-state index contributed by atoms with van der Waals surface area (Å²) < 4.78 is 27.8. The highest BCUT2D eigenvalue weighted by Gasteiger charge is 2.35. The lowest BCUT2D eigenvalue weighted by molar-refractivity contribution is -0.117. The molecule has 0 N–H and O–H groups in total. The number of para-hydroxylation sites is 5. The van der Waals surface area contributed by atoms with Gasteiger partial charge in [0.1, 0.15) is 11.6 Å². The van der Waals surface area contributed by atoms with Crippen LogP contribution in [0.2, 0.25) is 0 Å². The van der Waals surface area contributed by atoms with E-state index in [2.05, 4.69) is 10.6 Å². The number of rotatable bonds is 9. The van der Waals surface area contributed by atoms with Crippen molar-refractivity contribution in [3.8, 4) is 11.5 Å². The van der Waals surface area contributed by atoms with Gasteiger partial charge in [0, 0.05) is 25.4 Å². The SMILES string of the molecule is COc1ccccc1OCCCCn1c(C2CC(=O)N(c3ccccc3F)C2)nc2ccccc21. The maximum absolute atomic E-state index is 14.4. The molecule has 7 heteroatoms. The first-order chi connectivity index (χ1) is 17.2. The molecular formula is C28H28FN3O3.